The molecule has 4 heteroatoms. The van der Waals surface area contributed by atoms with Gasteiger partial charge in [0.05, 0.1) is 5.60 Å². The highest BCUT2D eigenvalue weighted by Gasteiger charge is 2.28. The predicted molar refractivity (Wildman–Crippen MR) is 58.7 cm³/mol. The van der Waals surface area contributed by atoms with Crippen molar-refractivity contribution in [3.63, 3.8) is 0 Å². The summed E-state index contributed by atoms with van der Waals surface area (Å²) in [4.78, 5) is 0. The van der Waals surface area contributed by atoms with E-state index < -0.39 is 0 Å². The number of hydrogen-bond donors (Lipinski definition) is 1. The van der Waals surface area contributed by atoms with E-state index >= 15 is 0 Å². The van der Waals surface area contributed by atoms with Gasteiger partial charge in [-0.25, -0.2) is 0 Å². The van der Waals surface area contributed by atoms with Crippen LogP contribution in [0.1, 0.15) is 26.7 Å². The largest absolute Gasteiger partial charge is 0.375 e. The van der Waals surface area contributed by atoms with Gasteiger partial charge in [0.25, 0.3) is 0 Å². The summed E-state index contributed by atoms with van der Waals surface area (Å²) in [5, 5.41) is 11.2. The molecule has 1 N–H and O–H groups in total. The molecule has 4 nitrogen and oxygen atoms in total. The second kappa shape index (κ2) is 4.14. The second-order valence-corrected chi connectivity index (χ2v) is 4.55. The molecule has 1 saturated heterocycles. The van der Waals surface area contributed by atoms with Crippen LogP contribution < -0.4 is 5.32 Å². The van der Waals surface area contributed by atoms with Crippen molar-refractivity contribution in [2.45, 2.75) is 38.3 Å². The van der Waals surface area contributed by atoms with Gasteiger partial charge in [-0.05, 0) is 38.8 Å². The van der Waals surface area contributed by atoms with E-state index in [1.54, 1.807) is 6.20 Å². The summed E-state index contributed by atoms with van der Waals surface area (Å²) in [6, 6.07) is 4.26. The molecular weight excluding hydrogens is 190 g/mol. The van der Waals surface area contributed by atoms with Gasteiger partial charge >= 0.3 is 0 Å². The molecule has 2 heterocycles. The van der Waals surface area contributed by atoms with Crippen LogP contribution in [0, 0.1) is 0 Å². The minimum Gasteiger partial charge on any atom is -0.375 e. The Morgan fingerprint density at radius 2 is 2.40 bits per heavy atom. The molecule has 82 valence electrons. The molecule has 0 saturated carbocycles. The number of hydrogen-bond acceptors (Lipinski definition) is 4. The van der Waals surface area contributed by atoms with Crippen LogP contribution in [-0.2, 0) is 4.74 Å². The highest BCUT2D eigenvalue weighted by molar-refractivity contribution is 5.33. The zero-order chi connectivity index (χ0) is 10.7. The Morgan fingerprint density at radius 1 is 1.53 bits per heavy atom. The Hall–Kier alpha value is -1.16. The Labute approximate surface area is 90.1 Å². The van der Waals surface area contributed by atoms with Gasteiger partial charge in [-0.1, -0.05) is 0 Å². The zero-order valence-electron chi connectivity index (χ0n) is 9.23. The maximum absolute atomic E-state index is 5.66. The number of nitrogens with one attached hydrogen (secondary N) is 1. The Morgan fingerprint density at radius 3 is 3.07 bits per heavy atom. The van der Waals surface area contributed by atoms with Gasteiger partial charge in [0.15, 0.2) is 0 Å². The Balaban J connectivity index is 1.95. The SMILES string of the molecule is CC1(C)CC(Nc2cccnn2)CCO1. The number of rotatable bonds is 2. The molecule has 1 atom stereocenters. The van der Waals surface area contributed by atoms with Crippen LogP contribution >= 0.6 is 0 Å². The predicted octanol–water partition coefficient (Wildman–Crippen LogP) is 1.85. The van der Waals surface area contributed by atoms with E-state index in [9.17, 15) is 0 Å². The molecule has 0 aliphatic carbocycles. The van der Waals surface area contributed by atoms with Gasteiger partial charge < -0.3 is 10.1 Å². The molecule has 0 aromatic carbocycles. The van der Waals surface area contributed by atoms with Gasteiger partial charge in [-0.15, -0.1) is 5.10 Å². The molecule has 0 radical (unpaired) electrons. The molecule has 0 amide bonds. The molecule has 0 spiro atoms. The van der Waals surface area contributed by atoms with Crippen LogP contribution in [0.2, 0.25) is 0 Å². The van der Waals surface area contributed by atoms with E-state index in [2.05, 4.69) is 29.4 Å². The molecule has 1 aliphatic rings. The maximum Gasteiger partial charge on any atom is 0.148 e. The third-order valence-electron chi connectivity index (χ3n) is 2.62. The summed E-state index contributed by atoms with van der Waals surface area (Å²) in [6.45, 7) is 5.06. The highest BCUT2D eigenvalue weighted by Crippen LogP contribution is 2.25. The average Bonchev–Trinajstić information content (AvgIpc) is 2.17. The number of anilines is 1. The van der Waals surface area contributed by atoms with Gasteiger partial charge in [0.1, 0.15) is 5.82 Å². The van der Waals surface area contributed by atoms with E-state index in [0.29, 0.717) is 6.04 Å². The van der Waals surface area contributed by atoms with Crippen LogP contribution in [0.15, 0.2) is 18.3 Å². The van der Waals surface area contributed by atoms with Crippen LogP contribution in [0.5, 0.6) is 0 Å². The quantitative estimate of drug-likeness (QED) is 0.804. The maximum atomic E-state index is 5.66. The molecule has 2 rings (SSSR count). The molecule has 1 unspecified atom stereocenters. The first-order valence-electron chi connectivity index (χ1n) is 5.34. The van der Waals surface area contributed by atoms with Crippen LogP contribution in [0.25, 0.3) is 0 Å². The fourth-order valence-corrected chi connectivity index (χ4v) is 1.94. The van der Waals surface area contributed by atoms with Crippen molar-refractivity contribution in [2.75, 3.05) is 11.9 Å². The average molecular weight is 207 g/mol. The lowest BCUT2D eigenvalue weighted by Crippen LogP contribution is -2.40. The third kappa shape index (κ3) is 2.89. The lowest BCUT2D eigenvalue weighted by atomic mass is 9.94. The van der Waals surface area contributed by atoms with Crippen molar-refractivity contribution in [1.29, 1.82) is 0 Å². The minimum absolute atomic E-state index is 0.0296. The summed E-state index contributed by atoms with van der Waals surface area (Å²) in [5.41, 5.74) is -0.0296. The van der Waals surface area contributed by atoms with Crippen molar-refractivity contribution in [2.24, 2.45) is 0 Å². The fourth-order valence-electron chi connectivity index (χ4n) is 1.94. The monoisotopic (exact) mass is 207 g/mol. The summed E-state index contributed by atoms with van der Waals surface area (Å²) in [7, 11) is 0. The summed E-state index contributed by atoms with van der Waals surface area (Å²) >= 11 is 0. The van der Waals surface area contributed by atoms with E-state index in [0.717, 1.165) is 25.3 Å². The van der Waals surface area contributed by atoms with Crippen molar-refractivity contribution < 1.29 is 4.74 Å². The molecule has 15 heavy (non-hydrogen) atoms. The van der Waals surface area contributed by atoms with E-state index in [4.69, 9.17) is 4.74 Å². The van der Waals surface area contributed by atoms with Crippen molar-refractivity contribution in [3.8, 4) is 0 Å². The van der Waals surface area contributed by atoms with Crippen molar-refractivity contribution >= 4 is 5.82 Å². The van der Waals surface area contributed by atoms with E-state index in [-0.39, 0.29) is 5.60 Å². The molecule has 1 aromatic rings. The number of aromatic nitrogens is 2. The Kier molecular flexibility index (Phi) is 2.86. The molecule has 1 aromatic heterocycles. The van der Waals surface area contributed by atoms with E-state index in [1.807, 2.05) is 12.1 Å². The first-order valence-corrected chi connectivity index (χ1v) is 5.34. The van der Waals surface area contributed by atoms with Crippen molar-refractivity contribution in [3.05, 3.63) is 18.3 Å². The summed E-state index contributed by atoms with van der Waals surface area (Å²) in [6.07, 6.45) is 3.71. The summed E-state index contributed by atoms with van der Waals surface area (Å²) < 4.78 is 5.66. The molecule has 0 bridgehead atoms. The summed E-state index contributed by atoms with van der Waals surface area (Å²) in [5.74, 6) is 0.847. The van der Waals surface area contributed by atoms with E-state index in [1.165, 1.54) is 0 Å². The fraction of sp³-hybridized carbons (Fsp3) is 0.636. The van der Waals surface area contributed by atoms with Gasteiger partial charge in [0.2, 0.25) is 0 Å². The smallest absolute Gasteiger partial charge is 0.148 e. The lowest BCUT2D eigenvalue weighted by molar-refractivity contribution is -0.0553. The number of ether oxygens (including phenoxy) is 1. The standard InChI is InChI=1S/C11H17N3O/c1-11(2)8-9(5-7-15-11)13-10-4-3-6-12-14-10/h3-4,6,9H,5,7-8H2,1-2H3,(H,13,14). The Bertz CT molecular complexity index is 313. The van der Waals surface area contributed by atoms with Gasteiger partial charge in [-0.2, -0.15) is 5.10 Å². The highest BCUT2D eigenvalue weighted by atomic mass is 16.5. The zero-order valence-corrected chi connectivity index (χ0v) is 9.23. The van der Waals surface area contributed by atoms with Crippen LogP contribution in [0.3, 0.4) is 0 Å². The van der Waals surface area contributed by atoms with Gasteiger partial charge in [-0.3, -0.25) is 0 Å². The van der Waals surface area contributed by atoms with Crippen LogP contribution in [0.4, 0.5) is 5.82 Å². The normalized spacial score (nSPS) is 24.8. The first-order chi connectivity index (χ1) is 7.16. The van der Waals surface area contributed by atoms with Crippen LogP contribution in [-0.4, -0.2) is 28.4 Å². The lowest BCUT2D eigenvalue weighted by Gasteiger charge is -2.35. The molecule has 1 aliphatic heterocycles. The topological polar surface area (TPSA) is 47.0 Å². The van der Waals surface area contributed by atoms with Gasteiger partial charge in [0, 0.05) is 18.8 Å². The first kappa shape index (κ1) is 10.4. The number of nitrogens with zero attached hydrogens (tertiary/aromatic N) is 2. The molecular formula is C11H17N3O. The second-order valence-electron chi connectivity index (χ2n) is 4.55. The molecule has 1 fully saturated rings. The minimum atomic E-state index is -0.0296. The third-order valence-corrected chi connectivity index (χ3v) is 2.62. The van der Waals surface area contributed by atoms with Crippen molar-refractivity contribution in [1.82, 2.24) is 10.2 Å².